The maximum atomic E-state index is 2.47. The predicted octanol–water partition coefficient (Wildman–Crippen LogP) is 4.97. The van der Waals surface area contributed by atoms with E-state index >= 15 is 0 Å². The van der Waals surface area contributed by atoms with Crippen molar-refractivity contribution in [1.82, 2.24) is 0 Å². The van der Waals surface area contributed by atoms with Gasteiger partial charge in [0.15, 0.2) is 0 Å². The van der Waals surface area contributed by atoms with Crippen molar-refractivity contribution in [3.8, 4) is 0 Å². The predicted molar refractivity (Wildman–Crippen MR) is 73.5 cm³/mol. The second kappa shape index (κ2) is 4.44. The van der Waals surface area contributed by atoms with Gasteiger partial charge in [-0.3, -0.25) is 0 Å². The lowest BCUT2D eigenvalue weighted by Gasteiger charge is -2.18. The van der Waals surface area contributed by atoms with Crippen LogP contribution in [0.5, 0.6) is 0 Å². The summed E-state index contributed by atoms with van der Waals surface area (Å²) in [6.45, 7) is 7.01. The molecule has 0 spiro atoms. The third-order valence-electron chi connectivity index (χ3n) is 4.07. The van der Waals surface area contributed by atoms with Crippen LogP contribution in [0.4, 0.5) is 0 Å². The molecule has 1 saturated carbocycles. The summed E-state index contributed by atoms with van der Waals surface area (Å²) in [7, 11) is 0. The minimum Gasteiger partial charge on any atom is -0.129 e. The molecule has 1 aliphatic carbocycles. The summed E-state index contributed by atoms with van der Waals surface area (Å²) in [6, 6.07) is 7.13. The molecule has 1 aromatic rings. The molecule has 1 atom stereocenters. The van der Waals surface area contributed by atoms with Gasteiger partial charge in [-0.05, 0) is 54.0 Å². The molecule has 0 aromatic heterocycles. The van der Waals surface area contributed by atoms with Crippen LogP contribution in [0.3, 0.4) is 0 Å². The fraction of sp³-hybridized carbons (Fsp3) is 0.600. The molecule has 0 aliphatic heterocycles. The van der Waals surface area contributed by atoms with Crippen LogP contribution in [0.1, 0.15) is 57.1 Å². The van der Waals surface area contributed by atoms with Crippen molar-refractivity contribution in [2.75, 3.05) is 6.26 Å². The fourth-order valence-electron chi connectivity index (χ4n) is 2.19. The third-order valence-corrected chi connectivity index (χ3v) is 4.88. The molecule has 0 bridgehead atoms. The van der Waals surface area contributed by atoms with Gasteiger partial charge < -0.3 is 0 Å². The molecule has 2 rings (SSSR count). The van der Waals surface area contributed by atoms with Gasteiger partial charge in [0, 0.05) is 4.90 Å². The molecule has 0 nitrogen and oxygen atoms in total. The largest absolute Gasteiger partial charge is 0.129 e. The van der Waals surface area contributed by atoms with E-state index in [2.05, 4.69) is 45.2 Å². The van der Waals surface area contributed by atoms with Gasteiger partial charge in [0.2, 0.25) is 0 Å². The molecule has 1 aliphatic rings. The Labute approximate surface area is 104 Å². The Bertz CT molecular complexity index is 377. The average Bonchev–Trinajstić information content (AvgIpc) is 3.06. The highest BCUT2D eigenvalue weighted by atomic mass is 32.2. The maximum absolute atomic E-state index is 2.47. The summed E-state index contributed by atoms with van der Waals surface area (Å²) in [5.74, 6) is 0.685. The normalized spacial score (nSPS) is 19.5. The van der Waals surface area contributed by atoms with Crippen LogP contribution in [0.15, 0.2) is 23.1 Å². The molecule has 0 heterocycles. The van der Waals surface area contributed by atoms with E-state index in [0.717, 1.165) is 0 Å². The smallest absolute Gasteiger partial charge is 0.0104 e. The summed E-state index contributed by atoms with van der Waals surface area (Å²) in [5.41, 5.74) is 3.61. The van der Waals surface area contributed by atoms with Gasteiger partial charge in [-0.15, -0.1) is 11.8 Å². The lowest BCUT2D eigenvalue weighted by atomic mass is 9.91. The highest BCUT2D eigenvalue weighted by Gasteiger charge is 2.39. The Balaban J connectivity index is 2.38. The molecule has 1 unspecified atom stereocenters. The Kier molecular flexibility index (Phi) is 3.34. The van der Waals surface area contributed by atoms with Crippen molar-refractivity contribution in [1.29, 1.82) is 0 Å². The summed E-state index contributed by atoms with van der Waals surface area (Å²) < 4.78 is 0. The van der Waals surface area contributed by atoms with E-state index in [4.69, 9.17) is 0 Å². The Morgan fingerprint density at radius 2 is 2.06 bits per heavy atom. The van der Waals surface area contributed by atoms with Crippen molar-refractivity contribution in [2.24, 2.45) is 0 Å². The number of hydrogen-bond acceptors (Lipinski definition) is 1. The molecule has 1 heteroatoms. The maximum Gasteiger partial charge on any atom is 0.0104 e. The van der Waals surface area contributed by atoms with E-state index in [-0.39, 0.29) is 0 Å². The van der Waals surface area contributed by atoms with Crippen molar-refractivity contribution in [3.05, 3.63) is 29.3 Å². The quantitative estimate of drug-likeness (QED) is 0.663. The first kappa shape index (κ1) is 12.0. The summed E-state index contributed by atoms with van der Waals surface area (Å²) in [6.07, 6.45) is 6.14. The lowest BCUT2D eigenvalue weighted by Crippen LogP contribution is -2.03. The van der Waals surface area contributed by atoms with Gasteiger partial charge >= 0.3 is 0 Å². The zero-order valence-electron chi connectivity index (χ0n) is 10.8. The van der Waals surface area contributed by atoms with Crippen molar-refractivity contribution >= 4 is 11.8 Å². The van der Waals surface area contributed by atoms with E-state index in [9.17, 15) is 0 Å². The van der Waals surface area contributed by atoms with Gasteiger partial charge in [0.05, 0.1) is 0 Å². The number of hydrogen-bond donors (Lipinski definition) is 0. The summed E-state index contributed by atoms with van der Waals surface area (Å²) in [4.78, 5) is 1.46. The first-order valence-corrected chi connectivity index (χ1v) is 7.51. The summed E-state index contributed by atoms with van der Waals surface area (Å²) in [5, 5.41) is 0. The first-order chi connectivity index (χ1) is 7.60. The van der Waals surface area contributed by atoms with Gasteiger partial charge in [-0.2, -0.15) is 0 Å². The van der Waals surface area contributed by atoms with Gasteiger partial charge in [-0.25, -0.2) is 0 Å². The van der Waals surface area contributed by atoms with E-state index in [1.54, 1.807) is 11.1 Å². The van der Waals surface area contributed by atoms with Crippen LogP contribution >= 0.6 is 11.8 Å². The summed E-state index contributed by atoms with van der Waals surface area (Å²) >= 11 is 1.88. The van der Waals surface area contributed by atoms with Crippen LogP contribution in [-0.4, -0.2) is 6.26 Å². The van der Waals surface area contributed by atoms with Crippen LogP contribution in [-0.2, 0) is 5.41 Å². The van der Waals surface area contributed by atoms with Gasteiger partial charge in [0.25, 0.3) is 0 Å². The molecule has 88 valence electrons. The van der Waals surface area contributed by atoms with Gasteiger partial charge in [-0.1, -0.05) is 32.9 Å². The van der Waals surface area contributed by atoms with Crippen LogP contribution in [0, 0.1) is 0 Å². The highest BCUT2D eigenvalue weighted by molar-refractivity contribution is 7.98. The average molecular weight is 234 g/mol. The molecular weight excluding hydrogens is 212 g/mol. The van der Waals surface area contributed by atoms with E-state index in [1.165, 1.54) is 24.2 Å². The minimum atomic E-state index is 0.499. The van der Waals surface area contributed by atoms with Gasteiger partial charge in [0.1, 0.15) is 0 Å². The molecule has 0 N–H and O–H groups in total. The number of benzene rings is 1. The monoisotopic (exact) mass is 234 g/mol. The molecule has 16 heavy (non-hydrogen) atoms. The first-order valence-electron chi connectivity index (χ1n) is 6.29. The Morgan fingerprint density at radius 3 is 2.56 bits per heavy atom. The Morgan fingerprint density at radius 1 is 1.38 bits per heavy atom. The molecule has 0 amide bonds. The lowest BCUT2D eigenvalue weighted by molar-refractivity contribution is 0.709. The van der Waals surface area contributed by atoms with Crippen molar-refractivity contribution < 1.29 is 0 Å². The molecule has 1 aromatic carbocycles. The minimum absolute atomic E-state index is 0.499. The zero-order valence-corrected chi connectivity index (χ0v) is 11.7. The highest BCUT2D eigenvalue weighted by Crippen LogP contribution is 2.48. The fourth-order valence-corrected chi connectivity index (χ4v) is 2.89. The third kappa shape index (κ3) is 2.15. The number of rotatable bonds is 4. The molecular formula is C15H22S. The zero-order chi connectivity index (χ0) is 11.8. The standard InChI is InChI=1S/C15H22S/c1-5-11(2)13-10-12(15(3)8-9-15)6-7-14(13)16-4/h6-7,10-11H,5,8-9H2,1-4H3. The SMILES string of the molecule is CCC(C)c1cc(C2(C)CC2)ccc1SC. The molecule has 1 fully saturated rings. The van der Waals surface area contributed by atoms with Crippen molar-refractivity contribution in [3.63, 3.8) is 0 Å². The second-order valence-corrected chi connectivity index (χ2v) is 6.17. The van der Waals surface area contributed by atoms with Crippen molar-refractivity contribution in [2.45, 2.75) is 56.3 Å². The molecule has 0 radical (unpaired) electrons. The van der Waals surface area contributed by atoms with E-state index in [1.807, 2.05) is 11.8 Å². The number of thioether (sulfide) groups is 1. The van der Waals surface area contributed by atoms with Crippen LogP contribution < -0.4 is 0 Å². The molecule has 0 saturated heterocycles. The second-order valence-electron chi connectivity index (χ2n) is 5.33. The van der Waals surface area contributed by atoms with Crippen LogP contribution in [0.25, 0.3) is 0 Å². The van der Waals surface area contributed by atoms with E-state index in [0.29, 0.717) is 11.3 Å². The topological polar surface area (TPSA) is 0 Å². The van der Waals surface area contributed by atoms with Crippen LogP contribution in [0.2, 0.25) is 0 Å². The Hall–Kier alpha value is -0.430. The van der Waals surface area contributed by atoms with E-state index < -0.39 is 0 Å².